The Bertz CT molecular complexity index is 314. The Morgan fingerprint density at radius 2 is 2.27 bits per heavy atom. The first kappa shape index (κ1) is 11.7. The Labute approximate surface area is 89.3 Å². The first-order valence-electron chi connectivity index (χ1n) is 4.97. The van der Waals surface area contributed by atoms with Gasteiger partial charge in [0.15, 0.2) is 0 Å². The van der Waals surface area contributed by atoms with E-state index in [0.29, 0.717) is 6.54 Å². The number of pyridine rings is 1. The predicted molar refractivity (Wildman–Crippen MR) is 57.3 cm³/mol. The lowest BCUT2D eigenvalue weighted by atomic mass is 10.0. The molecular weight excluding hydrogens is 192 g/mol. The quantitative estimate of drug-likeness (QED) is 0.765. The van der Waals surface area contributed by atoms with Gasteiger partial charge in [-0.2, -0.15) is 0 Å². The molecule has 0 fully saturated rings. The van der Waals surface area contributed by atoms with Crippen LogP contribution in [-0.4, -0.2) is 22.1 Å². The van der Waals surface area contributed by atoms with Crippen molar-refractivity contribution < 1.29 is 9.90 Å². The molecular formula is C11H16N2O2. The van der Waals surface area contributed by atoms with Gasteiger partial charge >= 0.3 is 5.97 Å². The number of carboxylic acid groups (broad SMARTS) is 1. The number of rotatable bonds is 5. The lowest BCUT2D eigenvalue weighted by Crippen LogP contribution is -2.35. The zero-order chi connectivity index (χ0) is 11.3. The van der Waals surface area contributed by atoms with E-state index in [9.17, 15) is 4.79 Å². The number of carboxylic acids is 1. The summed E-state index contributed by atoms with van der Waals surface area (Å²) in [5.74, 6) is -1.18. The molecule has 0 aliphatic heterocycles. The summed E-state index contributed by atoms with van der Waals surface area (Å²) in [5.41, 5.74) is 0.918. The second kappa shape index (κ2) is 5.46. The van der Waals surface area contributed by atoms with Crippen molar-refractivity contribution in [1.29, 1.82) is 0 Å². The van der Waals surface area contributed by atoms with Crippen LogP contribution in [0.5, 0.6) is 0 Å². The zero-order valence-corrected chi connectivity index (χ0v) is 8.97. The largest absolute Gasteiger partial charge is 0.481 e. The number of aliphatic carboxylic acids is 1. The van der Waals surface area contributed by atoms with Crippen molar-refractivity contribution >= 4 is 5.97 Å². The van der Waals surface area contributed by atoms with E-state index in [1.807, 2.05) is 25.1 Å². The van der Waals surface area contributed by atoms with Crippen LogP contribution < -0.4 is 5.32 Å². The van der Waals surface area contributed by atoms with E-state index in [1.54, 1.807) is 13.1 Å². The number of aromatic nitrogens is 1. The van der Waals surface area contributed by atoms with Gasteiger partial charge in [0.25, 0.3) is 0 Å². The van der Waals surface area contributed by atoms with Crippen LogP contribution in [0.25, 0.3) is 0 Å². The molecule has 2 atom stereocenters. The van der Waals surface area contributed by atoms with Crippen LogP contribution in [0.15, 0.2) is 24.4 Å². The van der Waals surface area contributed by atoms with Crippen molar-refractivity contribution in [1.82, 2.24) is 10.3 Å². The van der Waals surface area contributed by atoms with Crippen LogP contribution in [0.2, 0.25) is 0 Å². The van der Waals surface area contributed by atoms with Crippen molar-refractivity contribution in [2.75, 3.05) is 0 Å². The third kappa shape index (κ3) is 3.67. The summed E-state index contributed by atoms with van der Waals surface area (Å²) in [6, 6.07) is 5.61. The van der Waals surface area contributed by atoms with E-state index in [-0.39, 0.29) is 6.04 Å². The van der Waals surface area contributed by atoms with Crippen molar-refractivity contribution in [2.45, 2.75) is 26.4 Å². The average molecular weight is 208 g/mol. The fourth-order valence-corrected chi connectivity index (χ4v) is 1.16. The number of hydrogen-bond donors (Lipinski definition) is 2. The van der Waals surface area contributed by atoms with Crippen molar-refractivity contribution in [3.8, 4) is 0 Å². The van der Waals surface area contributed by atoms with Gasteiger partial charge in [0.2, 0.25) is 0 Å². The van der Waals surface area contributed by atoms with Gasteiger partial charge < -0.3 is 10.4 Å². The molecule has 15 heavy (non-hydrogen) atoms. The third-order valence-electron chi connectivity index (χ3n) is 2.47. The van der Waals surface area contributed by atoms with Gasteiger partial charge in [0.1, 0.15) is 0 Å². The van der Waals surface area contributed by atoms with Crippen LogP contribution in [0.1, 0.15) is 19.5 Å². The summed E-state index contributed by atoms with van der Waals surface area (Å²) >= 11 is 0. The molecule has 1 rings (SSSR count). The number of nitrogens with one attached hydrogen (secondary N) is 1. The highest BCUT2D eigenvalue weighted by atomic mass is 16.4. The topological polar surface area (TPSA) is 62.2 Å². The fourth-order valence-electron chi connectivity index (χ4n) is 1.16. The molecule has 1 aromatic rings. The first-order chi connectivity index (χ1) is 7.11. The Morgan fingerprint density at radius 1 is 1.53 bits per heavy atom. The third-order valence-corrected chi connectivity index (χ3v) is 2.47. The number of carbonyl (C=O) groups is 1. The van der Waals surface area contributed by atoms with Crippen molar-refractivity contribution in [3.63, 3.8) is 0 Å². The highest BCUT2D eigenvalue weighted by Gasteiger charge is 2.18. The normalized spacial score (nSPS) is 14.5. The van der Waals surface area contributed by atoms with Crippen LogP contribution in [0, 0.1) is 5.92 Å². The zero-order valence-electron chi connectivity index (χ0n) is 8.97. The number of hydrogen-bond acceptors (Lipinski definition) is 3. The number of nitrogens with zero attached hydrogens (tertiary/aromatic N) is 1. The maximum absolute atomic E-state index is 10.7. The van der Waals surface area contributed by atoms with Crippen molar-refractivity contribution in [3.05, 3.63) is 30.1 Å². The molecule has 0 bridgehead atoms. The molecule has 0 spiro atoms. The van der Waals surface area contributed by atoms with Gasteiger partial charge in [0, 0.05) is 18.8 Å². The van der Waals surface area contributed by atoms with E-state index in [2.05, 4.69) is 10.3 Å². The van der Waals surface area contributed by atoms with E-state index in [1.165, 1.54) is 0 Å². The summed E-state index contributed by atoms with van der Waals surface area (Å²) in [7, 11) is 0. The Kier molecular flexibility index (Phi) is 4.24. The van der Waals surface area contributed by atoms with E-state index < -0.39 is 11.9 Å². The minimum absolute atomic E-state index is 0.0653. The summed E-state index contributed by atoms with van der Waals surface area (Å²) in [6.07, 6.45) is 1.72. The predicted octanol–water partition coefficient (Wildman–Crippen LogP) is 1.28. The molecule has 1 aromatic heterocycles. The first-order valence-corrected chi connectivity index (χ1v) is 4.97. The molecule has 0 amide bonds. The van der Waals surface area contributed by atoms with Gasteiger partial charge in [0.05, 0.1) is 11.6 Å². The van der Waals surface area contributed by atoms with Gasteiger partial charge in [-0.3, -0.25) is 9.78 Å². The molecule has 0 aliphatic carbocycles. The average Bonchev–Trinajstić information content (AvgIpc) is 2.26. The van der Waals surface area contributed by atoms with Crippen LogP contribution >= 0.6 is 0 Å². The maximum Gasteiger partial charge on any atom is 0.307 e. The summed E-state index contributed by atoms with van der Waals surface area (Å²) < 4.78 is 0. The molecule has 82 valence electrons. The monoisotopic (exact) mass is 208 g/mol. The van der Waals surface area contributed by atoms with Crippen LogP contribution in [0.3, 0.4) is 0 Å². The van der Waals surface area contributed by atoms with Gasteiger partial charge in [-0.05, 0) is 19.1 Å². The maximum atomic E-state index is 10.7. The second-order valence-electron chi connectivity index (χ2n) is 3.62. The minimum Gasteiger partial charge on any atom is -0.481 e. The van der Waals surface area contributed by atoms with Gasteiger partial charge in [-0.15, -0.1) is 0 Å². The lowest BCUT2D eigenvalue weighted by molar-refractivity contribution is -0.141. The molecule has 0 saturated carbocycles. The molecule has 4 heteroatoms. The Morgan fingerprint density at radius 3 is 2.80 bits per heavy atom. The Hall–Kier alpha value is -1.42. The second-order valence-corrected chi connectivity index (χ2v) is 3.62. The van der Waals surface area contributed by atoms with E-state index >= 15 is 0 Å². The molecule has 2 unspecified atom stereocenters. The van der Waals surface area contributed by atoms with Gasteiger partial charge in [-0.25, -0.2) is 0 Å². The molecule has 2 N–H and O–H groups in total. The molecule has 0 aromatic carbocycles. The highest BCUT2D eigenvalue weighted by Crippen LogP contribution is 2.03. The van der Waals surface area contributed by atoms with Gasteiger partial charge in [-0.1, -0.05) is 13.0 Å². The van der Waals surface area contributed by atoms with Crippen LogP contribution in [-0.2, 0) is 11.3 Å². The lowest BCUT2D eigenvalue weighted by Gasteiger charge is -2.17. The molecule has 0 aliphatic rings. The Balaban J connectivity index is 2.41. The highest BCUT2D eigenvalue weighted by molar-refractivity contribution is 5.70. The van der Waals surface area contributed by atoms with Crippen molar-refractivity contribution in [2.24, 2.45) is 5.92 Å². The molecule has 4 nitrogen and oxygen atoms in total. The standard InChI is InChI=1S/C11H16N2O2/c1-8(11(14)15)9(2)13-7-10-5-3-4-6-12-10/h3-6,8-9,13H,7H2,1-2H3,(H,14,15). The van der Waals surface area contributed by atoms with E-state index in [0.717, 1.165) is 5.69 Å². The summed E-state index contributed by atoms with van der Waals surface area (Å²) in [4.78, 5) is 14.8. The SMILES string of the molecule is CC(NCc1ccccn1)C(C)C(=O)O. The molecule has 0 saturated heterocycles. The minimum atomic E-state index is -0.781. The summed E-state index contributed by atoms with van der Waals surface area (Å²) in [6.45, 7) is 4.15. The molecule has 0 radical (unpaired) electrons. The fraction of sp³-hybridized carbons (Fsp3) is 0.455. The smallest absolute Gasteiger partial charge is 0.307 e. The molecule has 1 heterocycles. The summed E-state index contributed by atoms with van der Waals surface area (Å²) in [5, 5.41) is 11.9. The van der Waals surface area contributed by atoms with Crippen LogP contribution in [0.4, 0.5) is 0 Å². The van der Waals surface area contributed by atoms with E-state index in [4.69, 9.17) is 5.11 Å².